The number of hydrogen-bond acceptors (Lipinski definition) is 3. The third-order valence-corrected chi connectivity index (χ3v) is 2.60. The highest BCUT2D eigenvalue weighted by molar-refractivity contribution is 7.52. The highest BCUT2D eigenvalue weighted by atomic mass is 31.2. The van der Waals surface area contributed by atoms with E-state index in [4.69, 9.17) is 4.89 Å². The molecule has 1 aromatic heterocycles. The first-order chi connectivity index (χ1) is 6.12. The van der Waals surface area contributed by atoms with Crippen LogP contribution in [0.3, 0.4) is 0 Å². The van der Waals surface area contributed by atoms with Gasteiger partial charge in [0, 0.05) is 18.6 Å². The van der Waals surface area contributed by atoms with Gasteiger partial charge in [-0.25, -0.2) is 4.98 Å². The molecule has 1 unspecified atom stereocenters. The summed E-state index contributed by atoms with van der Waals surface area (Å²) in [4.78, 5) is 15.1. The molecule has 5 nitrogen and oxygen atoms in total. The number of nitrogens with one attached hydrogen (secondary N) is 1. The number of hydrogen-bond donors (Lipinski definition) is 2. The smallest absolute Gasteiger partial charge is 0.327 e. The first-order valence-corrected chi connectivity index (χ1v) is 5.77. The first kappa shape index (κ1) is 12.4. The summed E-state index contributed by atoms with van der Waals surface area (Å²) in [5.41, 5.74) is 0. The van der Waals surface area contributed by atoms with Gasteiger partial charge < -0.3 is 14.4 Å². The van der Waals surface area contributed by atoms with E-state index in [0.29, 0.717) is 6.61 Å². The number of aromatic nitrogens is 2. The first-order valence-electron chi connectivity index (χ1n) is 4.01. The quantitative estimate of drug-likeness (QED) is 0.737. The molecular weight excluding hydrogens is 191 g/mol. The van der Waals surface area contributed by atoms with Crippen LogP contribution in [0.25, 0.3) is 0 Å². The molecule has 0 saturated heterocycles. The fourth-order valence-corrected chi connectivity index (χ4v) is 1.09. The molecule has 13 heavy (non-hydrogen) atoms. The molecular formula is C7H15N2O3P. The Balaban J connectivity index is 0.000000243. The van der Waals surface area contributed by atoms with Crippen molar-refractivity contribution in [2.45, 2.75) is 13.8 Å². The normalized spacial score (nSPS) is 14.1. The molecule has 0 spiro atoms. The van der Waals surface area contributed by atoms with Crippen molar-refractivity contribution >= 4 is 7.60 Å². The Labute approximate surface area is 77.7 Å². The highest BCUT2D eigenvalue weighted by Crippen LogP contribution is 2.40. The lowest BCUT2D eigenvalue weighted by Crippen LogP contribution is -1.89. The Hall–Kier alpha value is -0.640. The molecule has 6 heteroatoms. The molecule has 2 N–H and O–H groups in total. The van der Waals surface area contributed by atoms with Gasteiger partial charge in [0.2, 0.25) is 0 Å². The summed E-state index contributed by atoms with van der Waals surface area (Å²) in [5.74, 6) is 0. The van der Waals surface area contributed by atoms with Crippen molar-refractivity contribution in [1.82, 2.24) is 9.97 Å². The zero-order chi connectivity index (χ0) is 10.2. The minimum Gasteiger partial charge on any atom is -0.351 e. The minimum absolute atomic E-state index is 0.195. The molecule has 0 saturated carbocycles. The van der Waals surface area contributed by atoms with E-state index in [2.05, 4.69) is 14.5 Å². The molecule has 0 aliphatic carbocycles. The molecule has 0 fully saturated rings. The van der Waals surface area contributed by atoms with Crippen molar-refractivity contribution in [1.29, 1.82) is 0 Å². The van der Waals surface area contributed by atoms with Crippen LogP contribution in [0.2, 0.25) is 0 Å². The van der Waals surface area contributed by atoms with Gasteiger partial charge in [0.25, 0.3) is 0 Å². The predicted molar refractivity (Wildman–Crippen MR) is 50.6 cm³/mol. The van der Waals surface area contributed by atoms with Crippen LogP contribution in [-0.4, -0.2) is 27.6 Å². The molecule has 1 aromatic rings. The lowest BCUT2D eigenvalue weighted by Gasteiger charge is -2.05. The Morgan fingerprint density at radius 3 is 2.46 bits per heavy atom. The third kappa shape index (κ3) is 7.71. The summed E-state index contributed by atoms with van der Waals surface area (Å²) in [5, 5.41) is 0. The Morgan fingerprint density at radius 1 is 1.62 bits per heavy atom. The molecule has 1 heterocycles. The Bertz CT molecular complexity index is 221. The van der Waals surface area contributed by atoms with E-state index in [1.165, 1.54) is 0 Å². The van der Waals surface area contributed by atoms with E-state index >= 15 is 0 Å². The summed E-state index contributed by atoms with van der Waals surface area (Å²) in [6, 6.07) is 0. The van der Waals surface area contributed by atoms with Crippen LogP contribution in [-0.2, 0) is 9.09 Å². The molecule has 0 aromatic carbocycles. The van der Waals surface area contributed by atoms with E-state index in [-0.39, 0.29) is 6.16 Å². The number of H-pyrrole nitrogens is 1. The maximum atomic E-state index is 10.5. The largest absolute Gasteiger partial charge is 0.351 e. The number of rotatable bonds is 3. The number of aromatic amines is 1. The second-order valence-electron chi connectivity index (χ2n) is 2.13. The topological polar surface area (TPSA) is 75.2 Å². The van der Waals surface area contributed by atoms with Crippen LogP contribution < -0.4 is 0 Å². The van der Waals surface area contributed by atoms with Crippen LogP contribution in [0.5, 0.6) is 0 Å². The monoisotopic (exact) mass is 206 g/mol. The van der Waals surface area contributed by atoms with Crippen LogP contribution in [0.15, 0.2) is 18.7 Å². The SMILES string of the molecule is CCOP(=O)(O)CC.c1c[nH]cn1. The highest BCUT2D eigenvalue weighted by Gasteiger charge is 2.12. The second kappa shape index (κ2) is 6.83. The molecule has 0 radical (unpaired) electrons. The van der Waals surface area contributed by atoms with Gasteiger partial charge in [-0.1, -0.05) is 6.92 Å². The zero-order valence-corrected chi connectivity index (χ0v) is 8.70. The fourth-order valence-electron chi connectivity index (χ4n) is 0.508. The van der Waals surface area contributed by atoms with Crippen molar-refractivity contribution in [3.8, 4) is 0 Å². The fraction of sp³-hybridized carbons (Fsp3) is 0.571. The average molecular weight is 206 g/mol. The maximum absolute atomic E-state index is 10.5. The average Bonchev–Trinajstić information content (AvgIpc) is 2.61. The van der Waals surface area contributed by atoms with E-state index in [0.717, 1.165) is 0 Å². The van der Waals surface area contributed by atoms with E-state index in [9.17, 15) is 4.57 Å². The molecule has 0 aliphatic heterocycles. The lowest BCUT2D eigenvalue weighted by atomic mass is 10.9. The number of imidazole rings is 1. The van der Waals surface area contributed by atoms with Crippen LogP contribution in [0.1, 0.15) is 13.8 Å². The van der Waals surface area contributed by atoms with Crippen LogP contribution in [0.4, 0.5) is 0 Å². The zero-order valence-electron chi connectivity index (χ0n) is 7.80. The summed E-state index contributed by atoms with van der Waals surface area (Å²) in [7, 11) is -3.17. The van der Waals surface area contributed by atoms with Gasteiger partial charge in [-0.2, -0.15) is 0 Å². The van der Waals surface area contributed by atoms with Crippen molar-refractivity contribution in [3.05, 3.63) is 18.7 Å². The molecule has 76 valence electrons. The Kier molecular flexibility index (Phi) is 6.49. The van der Waals surface area contributed by atoms with Gasteiger partial charge in [0.05, 0.1) is 12.9 Å². The second-order valence-corrected chi connectivity index (χ2v) is 4.30. The van der Waals surface area contributed by atoms with Gasteiger partial charge >= 0.3 is 7.60 Å². The van der Waals surface area contributed by atoms with Gasteiger partial charge in [-0.05, 0) is 6.92 Å². The summed E-state index contributed by atoms with van der Waals surface area (Å²) in [6.07, 6.45) is 5.28. The van der Waals surface area contributed by atoms with Crippen molar-refractivity contribution in [3.63, 3.8) is 0 Å². The van der Waals surface area contributed by atoms with Gasteiger partial charge in [-0.15, -0.1) is 0 Å². The van der Waals surface area contributed by atoms with E-state index in [1.54, 1.807) is 32.6 Å². The predicted octanol–water partition coefficient (Wildman–Crippen LogP) is 1.64. The standard InChI is InChI=1S/C4H11O3P.C3H4N2/c1-3-7-8(5,6)4-2;1-2-5-3-4-1/h3-4H2,1-2H3,(H,5,6);1-3H,(H,4,5). The molecule has 0 bridgehead atoms. The maximum Gasteiger partial charge on any atom is 0.327 e. The van der Waals surface area contributed by atoms with Crippen molar-refractivity contribution < 1.29 is 14.0 Å². The van der Waals surface area contributed by atoms with Crippen LogP contribution in [0, 0.1) is 0 Å². The molecule has 0 amide bonds. The molecule has 1 atom stereocenters. The van der Waals surface area contributed by atoms with Crippen LogP contribution >= 0.6 is 7.60 Å². The summed E-state index contributed by atoms with van der Waals surface area (Å²) >= 11 is 0. The minimum atomic E-state index is -3.17. The third-order valence-electron chi connectivity index (χ3n) is 1.14. The van der Waals surface area contributed by atoms with Crippen molar-refractivity contribution in [2.75, 3.05) is 12.8 Å². The summed E-state index contributed by atoms with van der Waals surface area (Å²) < 4.78 is 15.0. The van der Waals surface area contributed by atoms with Gasteiger partial charge in [0.1, 0.15) is 0 Å². The van der Waals surface area contributed by atoms with E-state index in [1.807, 2.05) is 0 Å². The summed E-state index contributed by atoms with van der Waals surface area (Å²) in [6.45, 7) is 3.62. The Morgan fingerprint density at radius 2 is 2.31 bits per heavy atom. The van der Waals surface area contributed by atoms with Gasteiger partial charge in [-0.3, -0.25) is 4.57 Å². The molecule has 1 rings (SSSR count). The van der Waals surface area contributed by atoms with E-state index < -0.39 is 7.60 Å². The number of nitrogens with zero attached hydrogens (tertiary/aromatic N) is 1. The lowest BCUT2D eigenvalue weighted by molar-refractivity contribution is 0.275. The van der Waals surface area contributed by atoms with Gasteiger partial charge in [0.15, 0.2) is 0 Å². The molecule has 0 aliphatic rings. The van der Waals surface area contributed by atoms with Crippen molar-refractivity contribution in [2.24, 2.45) is 0 Å².